The summed E-state index contributed by atoms with van der Waals surface area (Å²) in [5, 5.41) is 4.72. The van der Waals surface area contributed by atoms with Crippen molar-refractivity contribution in [3.05, 3.63) is 45.1 Å². The monoisotopic (exact) mass is 414 g/mol. The molecule has 9 heteroatoms. The van der Waals surface area contributed by atoms with Gasteiger partial charge in [-0.3, -0.25) is 25.1 Å². The summed E-state index contributed by atoms with van der Waals surface area (Å²) < 4.78 is 7.53. The van der Waals surface area contributed by atoms with Crippen LogP contribution < -0.4 is 15.6 Å². The molecule has 0 atom stereocenters. The second kappa shape index (κ2) is 8.16. The number of hydrogen-bond donors (Lipinski definition) is 2. The van der Waals surface area contributed by atoms with E-state index in [1.807, 2.05) is 19.9 Å². The highest BCUT2D eigenvalue weighted by molar-refractivity contribution is 9.10. The van der Waals surface area contributed by atoms with E-state index in [-0.39, 0.29) is 19.1 Å². The smallest absolute Gasteiger partial charge is 0.276 e. The van der Waals surface area contributed by atoms with Gasteiger partial charge in [-0.2, -0.15) is 5.10 Å². The van der Waals surface area contributed by atoms with Crippen molar-refractivity contribution < 1.29 is 14.3 Å². The summed E-state index contributed by atoms with van der Waals surface area (Å²) in [6, 6.07) is 6.81. The van der Waals surface area contributed by atoms with E-state index in [0.717, 1.165) is 11.4 Å². The first-order chi connectivity index (χ1) is 11.3. The van der Waals surface area contributed by atoms with Crippen molar-refractivity contribution >= 4 is 39.3 Å². The molecule has 2 amide bonds. The molecule has 0 fully saturated rings. The maximum Gasteiger partial charge on any atom is 0.276 e. The number of carbonyl (C=O) groups is 2. The molecule has 0 saturated heterocycles. The van der Waals surface area contributed by atoms with E-state index >= 15 is 0 Å². The third-order valence-electron chi connectivity index (χ3n) is 2.99. The van der Waals surface area contributed by atoms with Crippen LogP contribution in [0.25, 0.3) is 0 Å². The van der Waals surface area contributed by atoms with Crippen LogP contribution in [0.2, 0.25) is 5.02 Å². The summed E-state index contributed by atoms with van der Waals surface area (Å²) in [6.45, 7) is 3.46. The molecule has 0 radical (unpaired) electrons. The van der Waals surface area contributed by atoms with Crippen molar-refractivity contribution in [2.45, 2.75) is 20.4 Å². The van der Waals surface area contributed by atoms with Crippen LogP contribution in [0.5, 0.6) is 5.75 Å². The number of benzene rings is 1. The number of amides is 2. The van der Waals surface area contributed by atoms with Gasteiger partial charge in [-0.1, -0.05) is 11.6 Å². The number of aromatic nitrogens is 2. The number of carbonyl (C=O) groups excluding carboxylic acids is 2. The summed E-state index contributed by atoms with van der Waals surface area (Å²) in [4.78, 5) is 23.5. The Morgan fingerprint density at radius 2 is 1.96 bits per heavy atom. The zero-order valence-electron chi connectivity index (χ0n) is 13.1. The van der Waals surface area contributed by atoms with Crippen LogP contribution in [0.4, 0.5) is 0 Å². The summed E-state index contributed by atoms with van der Waals surface area (Å²) in [6.07, 6.45) is 0. The topological polar surface area (TPSA) is 85.2 Å². The summed E-state index contributed by atoms with van der Waals surface area (Å²) in [7, 11) is 0. The molecular weight excluding hydrogens is 400 g/mol. The average molecular weight is 416 g/mol. The van der Waals surface area contributed by atoms with Gasteiger partial charge in [0.1, 0.15) is 12.3 Å². The van der Waals surface area contributed by atoms with Crippen molar-refractivity contribution in [1.29, 1.82) is 0 Å². The number of rotatable bonds is 5. The Morgan fingerprint density at radius 3 is 2.58 bits per heavy atom. The third kappa shape index (κ3) is 5.24. The summed E-state index contributed by atoms with van der Waals surface area (Å²) in [5.41, 5.74) is 6.29. The van der Waals surface area contributed by atoms with Crippen molar-refractivity contribution in [3.8, 4) is 5.75 Å². The molecule has 0 unspecified atom stereocenters. The highest BCUT2D eigenvalue weighted by Crippen LogP contribution is 2.27. The lowest BCUT2D eigenvalue weighted by Crippen LogP contribution is -2.45. The fraction of sp³-hybridized carbons (Fsp3) is 0.267. The quantitative estimate of drug-likeness (QED) is 0.733. The van der Waals surface area contributed by atoms with Gasteiger partial charge in [0.15, 0.2) is 6.61 Å². The van der Waals surface area contributed by atoms with Crippen LogP contribution in [0.3, 0.4) is 0 Å². The van der Waals surface area contributed by atoms with Crippen LogP contribution in [0, 0.1) is 13.8 Å². The Kier molecular flexibility index (Phi) is 6.22. The fourth-order valence-electron chi connectivity index (χ4n) is 1.92. The first-order valence-electron chi connectivity index (χ1n) is 7.01. The fourth-order valence-corrected chi connectivity index (χ4v) is 2.72. The van der Waals surface area contributed by atoms with E-state index < -0.39 is 5.91 Å². The van der Waals surface area contributed by atoms with Crippen molar-refractivity contribution in [3.63, 3.8) is 0 Å². The van der Waals surface area contributed by atoms with Gasteiger partial charge >= 0.3 is 0 Å². The molecule has 2 aromatic rings. The molecule has 0 aliphatic carbocycles. The largest absolute Gasteiger partial charge is 0.483 e. The van der Waals surface area contributed by atoms with E-state index in [4.69, 9.17) is 16.3 Å². The Labute approximate surface area is 152 Å². The first kappa shape index (κ1) is 18.3. The molecule has 128 valence electrons. The Hall–Kier alpha value is -2.06. The number of halogens is 2. The van der Waals surface area contributed by atoms with E-state index in [1.54, 1.807) is 22.9 Å². The molecule has 1 heterocycles. The van der Waals surface area contributed by atoms with Gasteiger partial charge in [0.25, 0.3) is 11.8 Å². The molecule has 0 saturated carbocycles. The van der Waals surface area contributed by atoms with Crippen molar-refractivity contribution in [2.24, 2.45) is 0 Å². The minimum Gasteiger partial charge on any atom is -0.483 e. The number of aryl methyl sites for hydroxylation is 2. The lowest BCUT2D eigenvalue weighted by Gasteiger charge is -2.10. The van der Waals surface area contributed by atoms with Gasteiger partial charge in [-0.25, -0.2) is 0 Å². The predicted octanol–water partition coefficient (Wildman–Crippen LogP) is 2.14. The molecule has 2 rings (SSSR count). The van der Waals surface area contributed by atoms with Crippen molar-refractivity contribution in [2.75, 3.05) is 6.61 Å². The molecular formula is C15H16BrClN4O3. The predicted molar refractivity (Wildman–Crippen MR) is 92.6 cm³/mol. The third-order valence-corrected chi connectivity index (χ3v) is 3.85. The van der Waals surface area contributed by atoms with Gasteiger partial charge in [0.05, 0.1) is 10.2 Å². The maximum absolute atomic E-state index is 11.8. The van der Waals surface area contributed by atoms with Crippen molar-refractivity contribution in [1.82, 2.24) is 20.6 Å². The molecule has 24 heavy (non-hydrogen) atoms. The van der Waals surface area contributed by atoms with E-state index in [9.17, 15) is 9.59 Å². The molecule has 0 aliphatic rings. The summed E-state index contributed by atoms with van der Waals surface area (Å²) in [5.74, 6) is -0.399. The molecule has 0 bridgehead atoms. The lowest BCUT2D eigenvalue weighted by atomic mass is 10.3. The maximum atomic E-state index is 11.8. The van der Waals surface area contributed by atoms with Crippen LogP contribution in [0.1, 0.15) is 11.4 Å². The molecule has 0 spiro atoms. The van der Waals surface area contributed by atoms with E-state index in [0.29, 0.717) is 15.2 Å². The zero-order chi connectivity index (χ0) is 17.7. The number of hydrogen-bond acceptors (Lipinski definition) is 4. The Bertz CT molecular complexity index is 763. The van der Waals surface area contributed by atoms with Gasteiger partial charge in [0, 0.05) is 10.7 Å². The molecule has 7 nitrogen and oxygen atoms in total. The van der Waals surface area contributed by atoms with Gasteiger partial charge < -0.3 is 4.74 Å². The molecule has 2 N–H and O–H groups in total. The highest BCUT2D eigenvalue weighted by Gasteiger charge is 2.10. The van der Waals surface area contributed by atoms with Crippen LogP contribution >= 0.6 is 27.5 Å². The number of nitrogens with zero attached hydrogens (tertiary/aromatic N) is 2. The number of nitrogens with one attached hydrogen (secondary N) is 2. The van der Waals surface area contributed by atoms with Gasteiger partial charge in [-0.15, -0.1) is 0 Å². The SMILES string of the molecule is Cc1cc(C)n(CC(=O)NNC(=O)COc2ccc(Cl)cc2Br)n1. The van der Waals surface area contributed by atoms with Crippen LogP contribution in [-0.4, -0.2) is 28.2 Å². The molecule has 0 aliphatic heterocycles. The summed E-state index contributed by atoms with van der Waals surface area (Å²) >= 11 is 9.11. The Balaban J connectivity index is 1.76. The molecule has 1 aromatic heterocycles. The second-order valence-electron chi connectivity index (χ2n) is 5.04. The zero-order valence-corrected chi connectivity index (χ0v) is 15.4. The minimum atomic E-state index is -0.487. The average Bonchev–Trinajstić information content (AvgIpc) is 2.82. The van der Waals surface area contributed by atoms with Gasteiger partial charge in [-0.05, 0) is 54.0 Å². The van der Waals surface area contributed by atoms with E-state index in [2.05, 4.69) is 31.9 Å². The number of ether oxygens (including phenoxy) is 1. The highest BCUT2D eigenvalue weighted by atomic mass is 79.9. The minimum absolute atomic E-state index is 0.0174. The number of hydrazine groups is 1. The Morgan fingerprint density at radius 1 is 1.25 bits per heavy atom. The lowest BCUT2D eigenvalue weighted by molar-refractivity contribution is -0.130. The standard InChI is InChI=1S/C15H16BrClN4O3/c1-9-5-10(2)21(20-9)7-14(22)18-19-15(23)8-24-13-4-3-11(17)6-12(13)16/h3-6H,7-8H2,1-2H3,(H,18,22)(H,19,23). The first-order valence-corrected chi connectivity index (χ1v) is 8.19. The van der Waals surface area contributed by atoms with Crippen LogP contribution in [0.15, 0.2) is 28.7 Å². The van der Waals surface area contributed by atoms with Crippen LogP contribution in [-0.2, 0) is 16.1 Å². The normalized spacial score (nSPS) is 10.3. The molecule has 1 aromatic carbocycles. The van der Waals surface area contributed by atoms with E-state index in [1.165, 1.54) is 0 Å². The second-order valence-corrected chi connectivity index (χ2v) is 6.34. The van der Waals surface area contributed by atoms with Gasteiger partial charge in [0.2, 0.25) is 0 Å².